The summed E-state index contributed by atoms with van der Waals surface area (Å²) in [6, 6.07) is 5.34. The number of hydrogen-bond donors (Lipinski definition) is 1. The molecule has 2 nitrogen and oxygen atoms in total. The Balaban J connectivity index is 2.67. The fourth-order valence-electron chi connectivity index (χ4n) is 1.95. The van der Waals surface area contributed by atoms with Crippen molar-refractivity contribution in [3.05, 3.63) is 34.6 Å². The molecular weight excluding hydrogens is 251 g/mol. The Hall–Kier alpha value is -0.640. The maximum Gasteiger partial charge on any atom is 0.142 e. The van der Waals surface area contributed by atoms with Crippen LogP contribution < -0.4 is 5.32 Å². The Bertz CT molecular complexity index is 369. The van der Waals surface area contributed by atoms with Gasteiger partial charge in [0.1, 0.15) is 5.82 Å². The molecule has 1 unspecified atom stereocenters. The molecule has 0 fully saturated rings. The maximum absolute atomic E-state index is 13.4. The first-order valence-electron chi connectivity index (χ1n) is 6.35. The average molecular weight is 273 g/mol. The lowest BCUT2D eigenvalue weighted by molar-refractivity contribution is 0.358. The van der Waals surface area contributed by atoms with E-state index in [0.717, 1.165) is 31.5 Å². The number of halogens is 2. The molecule has 0 aliphatic heterocycles. The molecule has 0 aliphatic rings. The minimum Gasteiger partial charge on any atom is -0.314 e. The average Bonchev–Trinajstić information content (AvgIpc) is 2.32. The normalized spacial score (nSPS) is 13.0. The van der Waals surface area contributed by atoms with Gasteiger partial charge in [-0.25, -0.2) is 4.39 Å². The number of likely N-dealkylation sites (N-methyl/N-ethyl adjacent to an activating group) is 1. The van der Waals surface area contributed by atoms with E-state index in [9.17, 15) is 4.39 Å². The molecule has 1 N–H and O–H groups in total. The van der Waals surface area contributed by atoms with E-state index >= 15 is 0 Å². The van der Waals surface area contributed by atoms with Gasteiger partial charge in [-0.1, -0.05) is 30.7 Å². The molecular formula is C14H22ClFN2. The number of hydrogen-bond acceptors (Lipinski definition) is 2. The molecule has 102 valence electrons. The van der Waals surface area contributed by atoms with Crippen molar-refractivity contribution in [2.24, 2.45) is 0 Å². The summed E-state index contributed by atoms with van der Waals surface area (Å²) in [4.78, 5) is 2.15. The van der Waals surface area contributed by atoms with Crippen LogP contribution in [0, 0.1) is 5.82 Å². The van der Waals surface area contributed by atoms with E-state index in [-0.39, 0.29) is 10.8 Å². The molecule has 4 heteroatoms. The highest BCUT2D eigenvalue weighted by Gasteiger charge is 2.12. The van der Waals surface area contributed by atoms with Crippen LogP contribution in [0.4, 0.5) is 4.39 Å². The summed E-state index contributed by atoms with van der Waals surface area (Å²) in [5.41, 5.74) is 0.876. The van der Waals surface area contributed by atoms with Crippen molar-refractivity contribution < 1.29 is 4.39 Å². The molecule has 0 bridgehead atoms. The van der Waals surface area contributed by atoms with Crippen LogP contribution in [-0.2, 0) is 6.42 Å². The van der Waals surface area contributed by atoms with E-state index in [2.05, 4.69) is 31.2 Å². The molecule has 0 saturated heterocycles. The minimum atomic E-state index is -0.336. The van der Waals surface area contributed by atoms with E-state index in [1.54, 1.807) is 6.07 Å². The van der Waals surface area contributed by atoms with Gasteiger partial charge in [0.15, 0.2) is 0 Å². The fraction of sp³-hybridized carbons (Fsp3) is 0.571. The van der Waals surface area contributed by atoms with Crippen molar-refractivity contribution in [2.75, 3.05) is 27.2 Å². The van der Waals surface area contributed by atoms with Crippen molar-refractivity contribution in [3.8, 4) is 0 Å². The molecule has 0 saturated carbocycles. The van der Waals surface area contributed by atoms with Crippen LogP contribution >= 0.6 is 11.6 Å². The van der Waals surface area contributed by atoms with Gasteiger partial charge in [-0.05, 0) is 51.7 Å². The van der Waals surface area contributed by atoms with Gasteiger partial charge < -0.3 is 10.2 Å². The zero-order valence-electron chi connectivity index (χ0n) is 11.3. The molecule has 18 heavy (non-hydrogen) atoms. The van der Waals surface area contributed by atoms with Crippen LogP contribution in [0.5, 0.6) is 0 Å². The van der Waals surface area contributed by atoms with Crippen molar-refractivity contribution >= 4 is 11.6 Å². The quantitative estimate of drug-likeness (QED) is 0.821. The van der Waals surface area contributed by atoms with Crippen molar-refractivity contribution in [2.45, 2.75) is 25.8 Å². The van der Waals surface area contributed by atoms with Gasteiger partial charge in [0.25, 0.3) is 0 Å². The summed E-state index contributed by atoms with van der Waals surface area (Å²) < 4.78 is 13.4. The zero-order valence-corrected chi connectivity index (χ0v) is 12.1. The highest BCUT2D eigenvalue weighted by Crippen LogP contribution is 2.21. The van der Waals surface area contributed by atoms with E-state index in [0.29, 0.717) is 6.04 Å². The van der Waals surface area contributed by atoms with E-state index in [1.165, 1.54) is 6.07 Å². The van der Waals surface area contributed by atoms with Gasteiger partial charge in [0, 0.05) is 6.04 Å². The Morgan fingerprint density at radius 2 is 2.11 bits per heavy atom. The molecule has 0 aromatic heterocycles. The third-order valence-corrected chi connectivity index (χ3v) is 3.34. The van der Waals surface area contributed by atoms with E-state index in [1.807, 2.05) is 6.07 Å². The van der Waals surface area contributed by atoms with Crippen molar-refractivity contribution in [3.63, 3.8) is 0 Å². The second-order valence-electron chi connectivity index (χ2n) is 4.76. The molecule has 0 aliphatic carbocycles. The lowest BCUT2D eigenvalue weighted by Crippen LogP contribution is -2.34. The van der Waals surface area contributed by atoms with E-state index < -0.39 is 0 Å². The summed E-state index contributed by atoms with van der Waals surface area (Å²) in [7, 11) is 4.11. The summed E-state index contributed by atoms with van der Waals surface area (Å²) in [6.45, 7) is 3.99. The van der Waals surface area contributed by atoms with Gasteiger partial charge in [0.2, 0.25) is 0 Å². The topological polar surface area (TPSA) is 15.3 Å². The first-order chi connectivity index (χ1) is 8.54. The Kier molecular flexibility index (Phi) is 6.61. The molecule has 0 heterocycles. The predicted octanol–water partition coefficient (Wildman–Crippen LogP) is 2.95. The first-order valence-corrected chi connectivity index (χ1v) is 6.73. The lowest BCUT2D eigenvalue weighted by Gasteiger charge is -2.20. The number of nitrogens with one attached hydrogen (secondary N) is 1. The van der Waals surface area contributed by atoms with Gasteiger partial charge >= 0.3 is 0 Å². The standard InChI is InChI=1S/C14H22ClFN2/c1-4-17-12(8-9-18(2)3)10-11-6-5-7-13(16)14(11)15/h5-7,12,17H,4,8-10H2,1-3H3. The Labute approximate surface area is 114 Å². The summed E-state index contributed by atoms with van der Waals surface area (Å²) >= 11 is 5.99. The highest BCUT2D eigenvalue weighted by atomic mass is 35.5. The fourth-order valence-corrected chi connectivity index (χ4v) is 2.15. The van der Waals surface area contributed by atoms with Crippen molar-refractivity contribution in [1.29, 1.82) is 0 Å². The summed E-state index contributed by atoms with van der Waals surface area (Å²) in [5, 5.41) is 3.68. The summed E-state index contributed by atoms with van der Waals surface area (Å²) in [6.07, 6.45) is 1.78. The third kappa shape index (κ3) is 4.92. The Morgan fingerprint density at radius 3 is 2.72 bits per heavy atom. The number of nitrogens with zero attached hydrogens (tertiary/aromatic N) is 1. The molecule has 0 radical (unpaired) electrons. The first kappa shape index (κ1) is 15.4. The number of benzene rings is 1. The summed E-state index contributed by atoms with van der Waals surface area (Å²) in [5.74, 6) is -0.336. The van der Waals surface area contributed by atoms with Gasteiger partial charge in [0.05, 0.1) is 5.02 Å². The smallest absolute Gasteiger partial charge is 0.142 e. The van der Waals surface area contributed by atoms with Crippen molar-refractivity contribution in [1.82, 2.24) is 10.2 Å². The number of rotatable bonds is 7. The largest absolute Gasteiger partial charge is 0.314 e. The minimum absolute atomic E-state index is 0.255. The van der Waals surface area contributed by atoms with E-state index in [4.69, 9.17) is 11.6 Å². The Morgan fingerprint density at radius 1 is 1.39 bits per heavy atom. The zero-order chi connectivity index (χ0) is 13.5. The second-order valence-corrected chi connectivity index (χ2v) is 5.14. The van der Waals surface area contributed by atoms with Crippen LogP contribution in [0.3, 0.4) is 0 Å². The molecule has 1 atom stereocenters. The van der Waals surface area contributed by atoms with Crippen LogP contribution in [0.15, 0.2) is 18.2 Å². The van der Waals surface area contributed by atoms with Gasteiger partial charge in [-0.15, -0.1) is 0 Å². The molecule has 1 aromatic rings. The molecule has 0 amide bonds. The molecule has 1 rings (SSSR count). The van der Waals surface area contributed by atoms with Gasteiger partial charge in [-0.2, -0.15) is 0 Å². The van der Waals surface area contributed by atoms with Crippen LogP contribution in [0.25, 0.3) is 0 Å². The monoisotopic (exact) mass is 272 g/mol. The SMILES string of the molecule is CCNC(CCN(C)C)Cc1cccc(F)c1Cl. The molecule has 0 spiro atoms. The van der Waals surface area contributed by atoms with Crippen LogP contribution in [0.1, 0.15) is 18.9 Å². The maximum atomic E-state index is 13.4. The van der Waals surface area contributed by atoms with Crippen LogP contribution in [-0.4, -0.2) is 38.1 Å². The molecule has 1 aromatic carbocycles. The highest BCUT2D eigenvalue weighted by molar-refractivity contribution is 6.31. The second kappa shape index (κ2) is 7.72. The lowest BCUT2D eigenvalue weighted by atomic mass is 10.0. The predicted molar refractivity (Wildman–Crippen MR) is 75.7 cm³/mol. The third-order valence-electron chi connectivity index (χ3n) is 2.92. The van der Waals surface area contributed by atoms with Gasteiger partial charge in [-0.3, -0.25) is 0 Å². The van der Waals surface area contributed by atoms with Crippen LogP contribution in [0.2, 0.25) is 5.02 Å².